The van der Waals surface area contributed by atoms with Crippen LogP contribution in [0.15, 0.2) is 35.1 Å². The van der Waals surface area contributed by atoms with Crippen molar-refractivity contribution < 1.29 is 27.1 Å². The summed E-state index contributed by atoms with van der Waals surface area (Å²) in [5.74, 6) is -0.361. The van der Waals surface area contributed by atoms with Gasteiger partial charge >= 0.3 is 12.1 Å². The van der Waals surface area contributed by atoms with Gasteiger partial charge in [0.05, 0.1) is 24.7 Å². The molecule has 3 aromatic rings. The number of nitrogens with zero attached hydrogens (tertiary/aromatic N) is 2. The summed E-state index contributed by atoms with van der Waals surface area (Å²) in [5.41, 5.74) is 0.500. The van der Waals surface area contributed by atoms with Gasteiger partial charge < -0.3 is 13.7 Å². The fourth-order valence-electron chi connectivity index (χ4n) is 2.59. The zero-order valence-corrected chi connectivity index (χ0v) is 12.8. The Bertz CT molecular complexity index is 909. The molecule has 8 heteroatoms. The van der Waals surface area contributed by atoms with Crippen LogP contribution in [0.25, 0.3) is 10.9 Å². The molecule has 3 rings (SSSR count). The van der Waals surface area contributed by atoms with E-state index < -0.39 is 17.7 Å². The van der Waals surface area contributed by atoms with Crippen LogP contribution in [-0.2, 0) is 17.5 Å². The van der Waals surface area contributed by atoms with Crippen molar-refractivity contribution in [1.29, 1.82) is 0 Å². The molecule has 0 fully saturated rings. The number of aromatic nitrogens is 2. The number of methoxy groups -OCH3 is 1. The van der Waals surface area contributed by atoms with Gasteiger partial charge in [0.2, 0.25) is 5.89 Å². The molecule has 0 aliphatic carbocycles. The number of hydrogen-bond donors (Lipinski definition) is 0. The molecule has 0 bridgehead atoms. The fraction of sp³-hybridized carbons (Fsp3) is 0.250. The number of carbonyl (C=O) groups excluding carboxylic acids is 1. The fourth-order valence-corrected chi connectivity index (χ4v) is 2.59. The van der Waals surface area contributed by atoms with Gasteiger partial charge in [0.15, 0.2) is 5.69 Å². The molecule has 2 heterocycles. The molecule has 126 valence electrons. The van der Waals surface area contributed by atoms with Crippen LogP contribution in [0.1, 0.15) is 27.5 Å². The summed E-state index contributed by atoms with van der Waals surface area (Å²) in [6, 6.07) is 3.81. The van der Waals surface area contributed by atoms with E-state index in [1.54, 1.807) is 23.8 Å². The summed E-state index contributed by atoms with van der Waals surface area (Å²) in [5, 5.41) is 0.474. The van der Waals surface area contributed by atoms with E-state index in [-0.39, 0.29) is 18.1 Å². The molecule has 0 spiro atoms. The third-order valence-electron chi connectivity index (χ3n) is 3.63. The molecular formula is C16H13F3N2O3. The maximum atomic E-state index is 12.9. The van der Waals surface area contributed by atoms with Crippen molar-refractivity contribution in [3.05, 3.63) is 53.4 Å². The molecule has 0 atom stereocenters. The third kappa shape index (κ3) is 2.86. The molecule has 1 aromatic carbocycles. The maximum Gasteiger partial charge on any atom is 0.416 e. The lowest BCUT2D eigenvalue weighted by Gasteiger charge is -2.10. The molecule has 24 heavy (non-hydrogen) atoms. The number of alkyl halides is 3. The highest BCUT2D eigenvalue weighted by Gasteiger charge is 2.31. The minimum Gasteiger partial charge on any atom is -0.464 e. The van der Waals surface area contributed by atoms with Crippen LogP contribution >= 0.6 is 0 Å². The third-order valence-corrected chi connectivity index (χ3v) is 3.63. The maximum absolute atomic E-state index is 12.9. The highest BCUT2D eigenvalue weighted by Crippen LogP contribution is 2.33. The van der Waals surface area contributed by atoms with Crippen molar-refractivity contribution in [1.82, 2.24) is 9.55 Å². The van der Waals surface area contributed by atoms with Crippen LogP contribution in [0.4, 0.5) is 13.2 Å². The number of carbonyl (C=O) groups is 1. The SMILES string of the molecule is COC(=O)c1coc(Cn2ccc3cc(C(F)(F)F)cc(C)c32)n1. The van der Waals surface area contributed by atoms with E-state index >= 15 is 0 Å². The lowest BCUT2D eigenvalue weighted by atomic mass is 10.1. The summed E-state index contributed by atoms with van der Waals surface area (Å²) >= 11 is 0. The van der Waals surface area contributed by atoms with Crippen molar-refractivity contribution in [2.75, 3.05) is 7.11 Å². The lowest BCUT2D eigenvalue weighted by molar-refractivity contribution is -0.137. The van der Waals surface area contributed by atoms with Crippen molar-refractivity contribution >= 4 is 16.9 Å². The Morgan fingerprint density at radius 3 is 2.79 bits per heavy atom. The van der Waals surface area contributed by atoms with Gasteiger partial charge in [-0.3, -0.25) is 0 Å². The standard InChI is InChI=1S/C16H13F3N2O3/c1-9-5-11(16(17,18)19)6-10-3-4-21(14(9)10)7-13-20-12(8-24-13)15(22)23-2/h3-6,8H,7H2,1-2H3. The van der Waals surface area contributed by atoms with Gasteiger partial charge in [-0.1, -0.05) is 0 Å². The molecule has 0 aliphatic rings. The Morgan fingerprint density at radius 2 is 2.12 bits per heavy atom. The molecule has 5 nitrogen and oxygen atoms in total. The average molecular weight is 338 g/mol. The van der Waals surface area contributed by atoms with Gasteiger partial charge in [-0.15, -0.1) is 0 Å². The van der Waals surface area contributed by atoms with Gasteiger partial charge in [0.1, 0.15) is 6.26 Å². The van der Waals surface area contributed by atoms with E-state index in [9.17, 15) is 18.0 Å². The second-order valence-electron chi connectivity index (χ2n) is 5.29. The van der Waals surface area contributed by atoms with E-state index in [1.165, 1.54) is 13.4 Å². The summed E-state index contributed by atoms with van der Waals surface area (Å²) in [6.45, 7) is 1.80. The number of halogens is 3. The first-order valence-electron chi connectivity index (χ1n) is 6.99. The average Bonchev–Trinajstić information content (AvgIpc) is 3.13. The number of rotatable bonds is 3. The largest absolute Gasteiger partial charge is 0.464 e. The molecule has 0 saturated carbocycles. The summed E-state index contributed by atoms with van der Waals surface area (Å²) in [6.07, 6.45) is -1.56. The number of esters is 1. The van der Waals surface area contributed by atoms with Crippen LogP contribution in [0.2, 0.25) is 0 Å². The monoisotopic (exact) mass is 338 g/mol. The van der Waals surface area contributed by atoms with E-state index in [1.807, 2.05) is 0 Å². The second-order valence-corrected chi connectivity index (χ2v) is 5.29. The van der Waals surface area contributed by atoms with Gasteiger partial charge in [-0.05, 0) is 30.7 Å². The van der Waals surface area contributed by atoms with Crippen molar-refractivity contribution in [2.24, 2.45) is 0 Å². The number of aryl methyl sites for hydroxylation is 1. The van der Waals surface area contributed by atoms with Gasteiger partial charge in [0, 0.05) is 11.6 Å². The number of fused-ring (bicyclic) bond motifs is 1. The number of ether oxygens (including phenoxy) is 1. The molecule has 0 unspecified atom stereocenters. The Morgan fingerprint density at radius 1 is 1.38 bits per heavy atom. The summed E-state index contributed by atoms with van der Waals surface area (Å²) in [7, 11) is 1.23. The molecule has 2 aromatic heterocycles. The van der Waals surface area contributed by atoms with Crippen molar-refractivity contribution in [2.45, 2.75) is 19.6 Å². The Kier molecular flexibility index (Phi) is 3.82. The highest BCUT2D eigenvalue weighted by molar-refractivity contribution is 5.86. The first kappa shape index (κ1) is 16.1. The minimum atomic E-state index is -4.39. The molecule has 0 aliphatic heterocycles. The first-order valence-corrected chi connectivity index (χ1v) is 6.99. The van der Waals surface area contributed by atoms with Crippen molar-refractivity contribution in [3.63, 3.8) is 0 Å². The second kappa shape index (κ2) is 5.70. The zero-order chi connectivity index (χ0) is 17.5. The topological polar surface area (TPSA) is 57.3 Å². The van der Waals surface area contributed by atoms with Crippen LogP contribution in [0.5, 0.6) is 0 Å². The number of hydrogen-bond acceptors (Lipinski definition) is 4. The van der Waals surface area contributed by atoms with Crippen LogP contribution in [-0.4, -0.2) is 22.6 Å². The molecule has 0 amide bonds. The quantitative estimate of drug-likeness (QED) is 0.682. The Labute approximate surface area is 134 Å². The normalized spacial score (nSPS) is 11.9. The zero-order valence-electron chi connectivity index (χ0n) is 12.8. The summed E-state index contributed by atoms with van der Waals surface area (Å²) in [4.78, 5) is 15.4. The minimum absolute atomic E-state index is 0.0417. The highest BCUT2D eigenvalue weighted by atomic mass is 19.4. The molecule has 0 radical (unpaired) electrons. The first-order chi connectivity index (χ1) is 11.3. The smallest absolute Gasteiger partial charge is 0.416 e. The van der Waals surface area contributed by atoms with E-state index in [0.29, 0.717) is 16.5 Å². The van der Waals surface area contributed by atoms with Gasteiger partial charge in [0.25, 0.3) is 0 Å². The predicted molar refractivity (Wildman–Crippen MR) is 78.6 cm³/mol. The number of oxazole rings is 1. The van der Waals surface area contributed by atoms with E-state index in [2.05, 4.69) is 9.72 Å². The Hall–Kier alpha value is -2.77. The van der Waals surface area contributed by atoms with E-state index in [4.69, 9.17) is 4.42 Å². The molecule has 0 saturated heterocycles. The van der Waals surface area contributed by atoms with E-state index in [0.717, 1.165) is 12.1 Å². The van der Waals surface area contributed by atoms with Crippen LogP contribution in [0, 0.1) is 6.92 Å². The molecular weight excluding hydrogens is 325 g/mol. The van der Waals surface area contributed by atoms with Crippen LogP contribution < -0.4 is 0 Å². The lowest BCUT2D eigenvalue weighted by Crippen LogP contribution is -2.06. The molecule has 0 N–H and O–H groups in total. The van der Waals surface area contributed by atoms with Gasteiger partial charge in [-0.2, -0.15) is 13.2 Å². The van der Waals surface area contributed by atoms with Crippen molar-refractivity contribution in [3.8, 4) is 0 Å². The Balaban J connectivity index is 1.96. The number of benzene rings is 1. The predicted octanol–water partition coefficient (Wildman–Crippen LogP) is 3.79. The van der Waals surface area contributed by atoms with Crippen LogP contribution in [0.3, 0.4) is 0 Å². The summed E-state index contributed by atoms with van der Waals surface area (Å²) < 4.78 is 50.1. The van der Waals surface area contributed by atoms with Gasteiger partial charge in [-0.25, -0.2) is 9.78 Å².